The number of nitrogens with two attached hydrogens (primary N) is 1. The highest BCUT2D eigenvalue weighted by atomic mass is 19.4. The number of urea groups is 1. The zero-order valence-corrected chi connectivity index (χ0v) is 9.91. The molecule has 5 nitrogen and oxygen atoms in total. The van der Waals surface area contributed by atoms with E-state index in [2.05, 4.69) is 10.6 Å². The van der Waals surface area contributed by atoms with Crippen molar-refractivity contribution in [2.75, 3.05) is 5.32 Å². The van der Waals surface area contributed by atoms with Crippen molar-refractivity contribution in [1.82, 2.24) is 5.32 Å². The summed E-state index contributed by atoms with van der Waals surface area (Å²) in [4.78, 5) is 22.1. The largest absolute Gasteiger partial charge is 0.416 e. The number of alkyl halides is 3. The van der Waals surface area contributed by atoms with Crippen molar-refractivity contribution < 1.29 is 22.8 Å². The number of carbonyl (C=O) groups excluding carboxylic acids is 2. The van der Waals surface area contributed by atoms with E-state index in [0.29, 0.717) is 0 Å². The molecule has 1 atom stereocenters. The fourth-order valence-electron chi connectivity index (χ4n) is 1.18. The highest BCUT2D eigenvalue weighted by Gasteiger charge is 2.29. The van der Waals surface area contributed by atoms with Crippen molar-refractivity contribution in [3.05, 3.63) is 29.8 Å². The van der Waals surface area contributed by atoms with Gasteiger partial charge in [0.15, 0.2) is 0 Å². The maximum Gasteiger partial charge on any atom is 0.416 e. The maximum atomic E-state index is 12.3. The molecule has 0 aliphatic heterocycles. The number of halogens is 3. The van der Waals surface area contributed by atoms with Gasteiger partial charge in [0.25, 0.3) is 0 Å². The predicted octanol–water partition coefficient (Wildman–Crippen LogP) is 1.70. The van der Waals surface area contributed by atoms with Crippen LogP contribution in [0.1, 0.15) is 12.5 Å². The highest BCUT2D eigenvalue weighted by Crippen LogP contribution is 2.29. The van der Waals surface area contributed by atoms with Crippen LogP contribution in [0.5, 0.6) is 0 Å². The minimum Gasteiger partial charge on any atom is -0.368 e. The average Bonchev–Trinajstić information content (AvgIpc) is 2.28. The van der Waals surface area contributed by atoms with Crippen molar-refractivity contribution >= 4 is 17.6 Å². The van der Waals surface area contributed by atoms with Crippen molar-refractivity contribution in [3.63, 3.8) is 0 Å². The lowest BCUT2D eigenvalue weighted by molar-refractivity contribution is -0.137. The molecule has 8 heteroatoms. The SMILES string of the molecule is CC(NC(=O)Nc1ccc(C(F)(F)F)cc1)C(N)=O. The van der Waals surface area contributed by atoms with Crippen LogP contribution in [0.4, 0.5) is 23.7 Å². The Bertz CT molecular complexity index is 471. The van der Waals surface area contributed by atoms with Gasteiger partial charge in [0.1, 0.15) is 6.04 Å². The predicted molar refractivity (Wildman–Crippen MR) is 62.3 cm³/mol. The standard InChI is InChI=1S/C11H12F3N3O2/c1-6(9(15)18)16-10(19)17-8-4-2-7(3-5-8)11(12,13)14/h2-6H,1H3,(H2,15,18)(H2,16,17,19). The number of benzene rings is 1. The second-order valence-corrected chi connectivity index (χ2v) is 3.80. The highest BCUT2D eigenvalue weighted by molar-refractivity contribution is 5.93. The maximum absolute atomic E-state index is 12.3. The van der Waals surface area contributed by atoms with Gasteiger partial charge in [-0.05, 0) is 31.2 Å². The molecule has 0 fully saturated rings. The van der Waals surface area contributed by atoms with Crippen molar-refractivity contribution in [2.24, 2.45) is 5.73 Å². The van der Waals surface area contributed by atoms with Crippen molar-refractivity contribution in [2.45, 2.75) is 19.1 Å². The summed E-state index contributed by atoms with van der Waals surface area (Å²) in [5.74, 6) is -0.720. The molecule has 4 N–H and O–H groups in total. The first-order valence-corrected chi connectivity index (χ1v) is 5.24. The smallest absolute Gasteiger partial charge is 0.368 e. The molecule has 0 spiro atoms. The Morgan fingerprint density at radius 3 is 2.16 bits per heavy atom. The van der Waals surface area contributed by atoms with Gasteiger partial charge in [0, 0.05) is 5.69 Å². The van der Waals surface area contributed by atoms with E-state index in [4.69, 9.17) is 5.73 Å². The summed E-state index contributed by atoms with van der Waals surface area (Å²) >= 11 is 0. The minimum atomic E-state index is -4.43. The number of anilines is 1. The fourth-order valence-corrected chi connectivity index (χ4v) is 1.18. The van der Waals surface area contributed by atoms with Gasteiger partial charge in [-0.2, -0.15) is 13.2 Å². The third kappa shape index (κ3) is 4.49. The van der Waals surface area contributed by atoms with Crippen LogP contribution in [0.3, 0.4) is 0 Å². The van der Waals surface area contributed by atoms with Crippen LogP contribution in [-0.2, 0) is 11.0 Å². The second kappa shape index (κ2) is 5.59. The van der Waals surface area contributed by atoms with E-state index in [0.717, 1.165) is 24.3 Å². The Balaban J connectivity index is 2.63. The Morgan fingerprint density at radius 2 is 1.74 bits per heavy atom. The van der Waals surface area contributed by atoms with Crippen LogP contribution in [0.15, 0.2) is 24.3 Å². The van der Waals surface area contributed by atoms with Crippen molar-refractivity contribution in [1.29, 1.82) is 0 Å². The summed E-state index contributed by atoms with van der Waals surface area (Å²) in [5.41, 5.74) is 4.29. The molecule has 19 heavy (non-hydrogen) atoms. The molecule has 0 aliphatic rings. The molecule has 0 saturated heterocycles. The molecule has 0 saturated carbocycles. The zero-order valence-electron chi connectivity index (χ0n) is 9.91. The van der Waals surface area contributed by atoms with Gasteiger partial charge < -0.3 is 16.4 Å². The fraction of sp³-hybridized carbons (Fsp3) is 0.273. The number of carbonyl (C=O) groups is 2. The summed E-state index contributed by atoms with van der Waals surface area (Å²) in [6.07, 6.45) is -4.43. The average molecular weight is 275 g/mol. The quantitative estimate of drug-likeness (QED) is 0.784. The Morgan fingerprint density at radius 1 is 1.21 bits per heavy atom. The van der Waals surface area contributed by atoms with Crippen LogP contribution in [-0.4, -0.2) is 18.0 Å². The van der Waals surface area contributed by atoms with Gasteiger partial charge in [-0.15, -0.1) is 0 Å². The van der Waals surface area contributed by atoms with E-state index in [9.17, 15) is 22.8 Å². The first-order chi connectivity index (χ1) is 8.70. The van der Waals surface area contributed by atoms with E-state index in [1.54, 1.807) is 0 Å². The first kappa shape index (κ1) is 14.8. The van der Waals surface area contributed by atoms with E-state index in [1.165, 1.54) is 6.92 Å². The number of hydrogen-bond acceptors (Lipinski definition) is 2. The summed E-state index contributed by atoms with van der Waals surface area (Å²) in [5, 5.41) is 4.51. The Labute approximate surface area is 107 Å². The van der Waals surface area contributed by atoms with Gasteiger partial charge in [0.05, 0.1) is 5.56 Å². The lowest BCUT2D eigenvalue weighted by Crippen LogP contribution is -2.44. The topological polar surface area (TPSA) is 84.2 Å². The molecule has 0 heterocycles. The van der Waals surface area contributed by atoms with Crippen LogP contribution in [0.2, 0.25) is 0 Å². The third-order valence-electron chi connectivity index (χ3n) is 2.24. The van der Waals surface area contributed by atoms with E-state index >= 15 is 0 Å². The molecule has 0 bridgehead atoms. The first-order valence-electron chi connectivity index (χ1n) is 5.24. The third-order valence-corrected chi connectivity index (χ3v) is 2.24. The number of primary amides is 1. The van der Waals surface area contributed by atoms with Gasteiger partial charge in [-0.1, -0.05) is 0 Å². The minimum absolute atomic E-state index is 0.169. The monoisotopic (exact) mass is 275 g/mol. The zero-order chi connectivity index (χ0) is 14.6. The summed E-state index contributed by atoms with van der Waals surface area (Å²) in [6, 6.07) is 2.29. The molecule has 0 aromatic heterocycles. The summed E-state index contributed by atoms with van der Waals surface area (Å²) < 4.78 is 36.9. The van der Waals surface area contributed by atoms with E-state index < -0.39 is 29.7 Å². The molecule has 0 radical (unpaired) electrons. The van der Waals surface area contributed by atoms with Crippen LogP contribution in [0, 0.1) is 0 Å². The lowest BCUT2D eigenvalue weighted by atomic mass is 10.2. The number of amides is 3. The molecule has 1 unspecified atom stereocenters. The molecular weight excluding hydrogens is 263 g/mol. The van der Waals surface area contributed by atoms with E-state index in [1.807, 2.05) is 0 Å². The van der Waals surface area contributed by atoms with Gasteiger partial charge in [-0.25, -0.2) is 4.79 Å². The molecule has 0 aliphatic carbocycles. The molecular formula is C11H12F3N3O2. The van der Waals surface area contributed by atoms with Crippen LogP contribution in [0.25, 0.3) is 0 Å². The van der Waals surface area contributed by atoms with Gasteiger partial charge in [-0.3, -0.25) is 4.79 Å². The second-order valence-electron chi connectivity index (χ2n) is 3.80. The lowest BCUT2D eigenvalue weighted by Gasteiger charge is -2.12. The van der Waals surface area contributed by atoms with Gasteiger partial charge >= 0.3 is 12.2 Å². The van der Waals surface area contributed by atoms with Crippen LogP contribution < -0.4 is 16.4 Å². The molecule has 1 aromatic carbocycles. The number of hydrogen-bond donors (Lipinski definition) is 3. The summed E-state index contributed by atoms with van der Waals surface area (Å²) in [7, 11) is 0. The molecule has 1 rings (SSSR count). The molecule has 1 aromatic rings. The summed E-state index contributed by atoms with van der Waals surface area (Å²) in [6.45, 7) is 1.38. The van der Waals surface area contributed by atoms with E-state index in [-0.39, 0.29) is 5.69 Å². The Hall–Kier alpha value is -2.25. The number of nitrogens with one attached hydrogen (secondary N) is 2. The van der Waals surface area contributed by atoms with Crippen molar-refractivity contribution in [3.8, 4) is 0 Å². The normalized spacial score (nSPS) is 12.6. The molecule has 3 amide bonds. The number of rotatable bonds is 3. The molecule has 104 valence electrons. The Kier molecular flexibility index (Phi) is 4.36. The van der Waals surface area contributed by atoms with Gasteiger partial charge in [0.2, 0.25) is 5.91 Å². The van der Waals surface area contributed by atoms with Crippen LogP contribution >= 0.6 is 0 Å².